The SMILES string of the molecule is Nc1c(NCCC2=CCCCC2)ncnc1Nc1cccc2ncccc12. The van der Waals surface area contributed by atoms with Crippen molar-refractivity contribution < 1.29 is 0 Å². The van der Waals surface area contributed by atoms with Crippen LogP contribution < -0.4 is 16.4 Å². The smallest absolute Gasteiger partial charge is 0.159 e. The topological polar surface area (TPSA) is 88.8 Å². The van der Waals surface area contributed by atoms with Gasteiger partial charge in [-0.3, -0.25) is 4.98 Å². The molecular formula is C21H24N6. The summed E-state index contributed by atoms with van der Waals surface area (Å²) >= 11 is 0. The van der Waals surface area contributed by atoms with Crippen LogP contribution in [-0.4, -0.2) is 21.5 Å². The highest BCUT2D eigenvalue weighted by molar-refractivity contribution is 5.94. The number of hydrogen-bond donors (Lipinski definition) is 3. The lowest BCUT2D eigenvalue weighted by Crippen LogP contribution is -2.10. The lowest BCUT2D eigenvalue weighted by atomic mass is 9.97. The number of benzene rings is 1. The van der Waals surface area contributed by atoms with E-state index in [1.54, 1.807) is 6.20 Å². The molecule has 2 aromatic heterocycles. The highest BCUT2D eigenvalue weighted by atomic mass is 15.1. The molecule has 0 aliphatic heterocycles. The second kappa shape index (κ2) is 8.03. The van der Waals surface area contributed by atoms with Gasteiger partial charge in [0.25, 0.3) is 0 Å². The van der Waals surface area contributed by atoms with Crippen molar-refractivity contribution in [1.82, 2.24) is 15.0 Å². The Hall–Kier alpha value is -3.15. The van der Waals surface area contributed by atoms with Gasteiger partial charge in [0.05, 0.1) is 5.52 Å². The number of allylic oxidation sites excluding steroid dienone is 1. The van der Waals surface area contributed by atoms with E-state index < -0.39 is 0 Å². The van der Waals surface area contributed by atoms with Crippen molar-refractivity contribution in [1.29, 1.82) is 0 Å². The maximum atomic E-state index is 6.31. The predicted molar refractivity (Wildman–Crippen MR) is 111 cm³/mol. The first-order chi connectivity index (χ1) is 13.3. The molecule has 0 bridgehead atoms. The summed E-state index contributed by atoms with van der Waals surface area (Å²) in [6.07, 6.45) is 11.8. The number of hydrogen-bond acceptors (Lipinski definition) is 6. The van der Waals surface area contributed by atoms with Gasteiger partial charge in [-0.15, -0.1) is 0 Å². The van der Waals surface area contributed by atoms with E-state index in [1.807, 2.05) is 30.3 Å². The van der Waals surface area contributed by atoms with E-state index in [9.17, 15) is 0 Å². The van der Waals surface area contributed by atoms with E-state index in [2.05, 4.69) is 31.7 Å². The number of rotatable bonds is 6. The molecule has 1 aliphatic rings. The summed E-state index contributed by atoms with van der Waals surface area (Å²) in [5.41, 5.74) is 10.2. The number of pyridine rings is 1. The minimum Gasteiger partial charge on any atom is -0.393 e. The molecule has 6 heteroatoms. The standard InChI is InChI=1S/C21H24N6/c22-19-20(24-13-11-15-6-2-1-3-7-15)25-14-26-21(19)27-18-10-4-9-17-16(18)8-5-12-23-17/h4-6,8-10,12,14H,1-3,7,11,13,22H2,(H2,24,25,26,27). The maximum absolute atomic E-state index is 6.31. The van der Waals surface area contributed by atoms with Gasteiger partial charge < -0.3 is 16.4 Å². The van der Waals surface area contributed by atoms with Crippen LogP contribution in [0.3, 0.4) is 0 Å². The van der Waals surface area contributed by atoms with Gasteiger partial charge in [-0.1, -0.05) is 17.7 Å². The quantitative estimate of drug-likeness (QED) is 0.554. The normalized spacial score (nSPS) is 14.0. The zero-order valence-corrected chi connectivity index (χ0v) is 15.3. The molecular weight excluding hydrogens is 336 g/mol. The van der Waals surface area contributed by atoms with E-state index in [4.69, 9.17) is 5.73 Å². The van der Waals surface area contributed by atoms with Gasteiger partial charge in [0.2, 0.25) is 0 Å². The van der Waals surface area contributed by atoms with Crippen LogP contribution in [0, 0.1) is 0 Å². The zero-order chi connectivity index (χ0) is 18.5. The molecule has 0 unspecified atom stereocenters. The summed E-state index contributed by atoms with van der Waals surface area (Å²) in [6.45, 7) is 0.824. The van der Waals surface area contributed by atoms with Gasteiger partial charge >= 0.3 is 0 Å². The van der Waals surface area contributed by atoms with Crippen molar-refractivity contribution in [2.24, 2.45) is 0 Å². The summed E-state index contributed by atoms with van der Waals surface area (Å²) in [4.78, 5) is 13.0. The minimum absolute atomic E-state index is 0.524. The highest BCUT2D eigenvalue weighted by Crippen LogP contribution is 2.29. The van der Waals surface area contributed by atoms with Gasteiger partial charge in [-0.25, -0.2) is 9.97 Å². The molecule has 0 spiro atoms. The summed E-state index contributed by atoms with van der Waals surface area (Å²) in [5, 5.41) is 7.71. The van der Waals surface area contributed by atoms with Crippen LogP contribution in [0.15, 0.2) is 54.5 Å². The average Bonchev–Trinajstić information content (AvgIpc) is 2.72. The molecule has 0 atom stereocenters. The average molecular weight is 360 g/mol. The Labute approximate surface area is 158 Å². The molecule has 27 heavy (non-hydrogen) atoms. The van der Waals surface area contributed by atoms with E-state index in [0.717, 1.165) is 29.6 Å². The number of nitrogens with one attached hydrogen (secondary N) is 2. The van der Waals surface area contributed by atoms with Crippen molar-refractivity contribution in [3.05, 3.63) is 54.5 Å². The van der Waals surface area contributed by atoms with Crippen molar-refractivity contribution in [3.63, 3.8) is 0 Å². The molecule has 0 saturated heterocycles. The highest BCUT2D eigenvalue weighted by Gasteiger charge is 2.10. The lowest BCUT2D eigenvalue weighted by Gasteiger charge is -2.15. The Bertz CT molecular complexity index is 961. The number of nitrogens with two attached hydrogens (primary N) is 1. The first kappa shape index (κ1) is 17.3. The number of fused-ring (bicyclic) bond motifs is 1. The number of nitrogen functional groups attached to an aromatic ring is 1. The number of aromatic nitrogens is 3. The van der Waals surface area contributed by atoms with Crippen LogP contribution in [0.5, 0.6) is 0 Å². The lowest BCUT2D eigenvalue weighted by molar-refractivity contribution is 0.679. The summed E-state index contributed by atoms with van der Waals surface area (Å²) in [5.74, 6) is 1.27. The molecule has 3 aromatic rings. The van der Waals surface area contributed by atoms with Gasteiger partial charge in [0.1, 0.15) is 12.0 Å². The molecule has 4 rings (SSSR count). The van der Waals surface area contributed by atoms with Crippen LogP contribution in [0.2, 0.25) is 0 Å². The van der Waals surface area contributed by atoms with Crippen LogP contribution >= 0.6 is 0 Å². The van der Waals surface area contributed by atoms with E-state index >= 15 is 0 Å². The molecule has 0 radical (unpaired) electrons. The summed E-state index contributed by atoms with van der Waals surface area (Å²) in [7, 11) is 0. The Balaban J connectivity index is 1.49. The van der Waals surface area contributed by atoms with Crippen LogP contribution in [0.1, 0.15) is 32.1 Å². The number of nitrogens with zero attached hydrogens (tertiary/aromatic N) is 3. The maximum Gasteiger partial charge on any atom is 0.159 e. The van der Waals surface area contributed by atoms with Gasteiger partial charge in [0.15, 0.2) is 11.6 Å². The molecule has 2 heterocycles. The summed E-state index contributed by atoms with van der Waals surface area (Å²) < 4.78 is 0. The zero-order valence-electron chi connectivity index (χ0n) is 15.3. The molecule has 0 amide bonds. The fraction of sp³-hybridized carbons (Fsp3) is 0.286. The van der Waals surface area contributed by atoms with Gasteiger partial charge in [0, 0.05) is 23.8 Å². The first-order valence-corrected chi connectivity index (χ1v) is 9.44. The Morgan fingerprint density at radius 1 is 1.00 bits per heavy atom. The molecule has 1 aliphatic carbocycles. The van der Waals surface area contributed by atoms with Gasteiger partial charge in [-0.05, 0) is 56.4 Å². The fourth-order valence-electron chi connectivity index (χ4n) is 3.45. The van der Waals surface area contributed by atoms with Crippen LogP contribution in [0.25, 0.3) is 10.9 Å². The largest absolute Gasteiger partial charge is 0.393 e. The third-order valence-electron chi connectivity index (χ3n) is 4.91. The van der Waals surface area contributed by atoms with Crippen LogP contribution in [0.4, 0.5) is 23.0 Å². The van der Waals surface area contributed by atoms with Crippen molar-refractivity contribution in [2.45, 2.75) is 32.1 Å². The first-order valence-electron chi connectivity index (χ1n) is 9.44. The van der Waals surface area contributed by atoms with Gasteiger partial charge in [-0.2, -0.15) is 0 Å². The van der Waals surface area contributed by atoms with Crippen molar-refractivity contribution in [3.8, 4) is 0 Å². The number of anilines is 4. The molecule has 4 N–H and O–H groups in total. The third kappa shape index (κ3) is 4.00. The Kier molecular flexibility index (Phi) is 5.14. The summed E-state index contributed by atoms with van der Waals surface area (Å²) in [6, 6.07) is 9.89. The minimum atomic E-state index is 0.524. The predicted octanol–water partition coefficient (Wildman–Crippen LogP) is 4.65. The van der Waals surface area contributed by atoms with E-state index in [0.29, 0.717) is 17.3 Å². The van der Waals surface area contributed by atoms with Crippen molar-refractivity contribution >= 4 is 33.9 Å². The molecule has 138 valence electrons. The molecule has 6 nitrogen and oxygen atoms in total. The second-order valence-electron chi connectivity index (χ2n) is 6.77. The molecule has 0 saturated carbocycles. The third-order valence-corrected chi connectivity index (χ3v) is 4.91. The van der Waals surface area contributed by atoms with Crippen LogP contribution in [-0.2, 0) is 0 Å². The second-order valence-corrected chi connectivity index (χ2v) is 6.77. The Morgan fingerprint density at radius 2 is 1.93 bits per heavy atom. The van der Waals surface area contributed by atoms with Crippen molar-refractivity contribution in [2.75, 3.05) is 22.9 Å². The monoisotopic (exact) mass is 360 g/mol. The Morgan fingerprint density at radius 3 is 2.81 bits per heavy atom. The molecule has 0 fully saturated rings. The molecule has 1 aromatic carbocycles. The van der Waals surface area contributed by atoms with E-state index in [-0.39, 0.29) is 0 Å². The fourth-order valence-corrected chi connectivity index (χ4v) is 3.45. The van der Waals surface area contributed by atoms with E-state index in [1.165, 1.54) is 37.6 Å².